The summed E-state index contributed by atoms with van der Waals surface area (Å²) in [7, 11) is 0. The van der Waals surface area contributed by atoms with Crippen molar-refractivity contribution in [3.8, 4) is 0 Å². The first kappa shape index (κ1) is 17.0. The van der Waals surface area contributed by atoms with Gasteiger partial charge in [-0.15, -0.1) is 0 Å². The van der Waals surface area contributed by atoms with Crippen LogP contribution < -0.4 is 10.6 Å². The molecule has 1 saturated heterocycles. The fourth-order valence-corrected chi connectivity index (χ4v) is 3.09. The summed E-state index contributed by atoms with van der Waals surface area (Å²) in [5, 5.41) is 7.16. The SMILES string of the molecule is CCCCCCCCNCCC(C)C1CCCNC1. The van der Waals surface area contributed by atoms with Crippen LogP contribution in [0.4, 0.5) is 0 Å². The number of piperidine rings is 1. The topological polar surface area (TPSA) is 24.1 Å². The average Bonchev–Trinajstić information content (AvgIpc) is 2.46. The Labute approximate surface area is 121 Å². The summed E-state index contributed by atoms with van der Waals surface area (Å²) in [5.74, 6) is 1.80. The quantitative estimate of drug-likeness (QED) is 0.554. The molecule has 1 aliphatic rings. The predicted octanol–water partition coefficient (Wildman–Crippen LogP) is 3.96. The number of hydrogen-bond acceptors (Lipinski definition) is 2. The molecule has 2 atom stereocenters. The van der Waals surface area contributed by atoms with Crippen molar-refractivity contribution in [1.82, 2.24) is 10.6 Å². The van der Waals surface area contributed by atoms with Gasteiger partial charge in [-0.1, -0.05) is 46.0 Å². The summed E-state index contributed by atoms with van der Waals surface area (Å²) in [6.07, 6.45) is 12.6. The molecule has 19 heavy (non-hydrogen) atoms. The molecule has 114 valence electrons. The summed E-state index contributed by atoms with van der Waals surface area (Å²) in [6.45, 7) is 9.64. The van der Waals surface area contributed by atoms with Gasteiger partial charge in [0, 0.05) is 0 Å². The highest BCUT2D eigenvalue weighted by atomic mass is 14.9. The lowest BCUT2D eigenvalue weighted by molar-refractivity contribution is 0.266. The second-order valence-corrected chi connectivity index (χ2v) is 6.39. The fraction of sp³-hybridized carbons (Fsp3) is 1.00. The molecule has 0 aromatic rings. The minimum Gasteiger partial charge on any atom is -0.317 e. The van der Waals surface area contributed by atoms with Crippen LogP contribution >= 0.6 is 0 Å². The first-order valence-electron chi connectivity index (χ1n) is 8.76. The first-order chi connectivity index (χ1) is 9.34. The van der Waals surface area contributed by atoms with Gasteiger partial charge in [-0.05, 0) is 63.7 Å². The number of rotatable bonds is 11. The Balaban J connectivity index is 1.84. The zero-order valence-corrected chi connectivity index (χ0v) is 13.3. The summed E-state index contributed by atoms with van der Waals surface area (Å²) in [4.78, 5) is 0. The maximum atomic E-state index is 3.63. The molecule has 0 aromatic heterocycles. The van der Waals surface area contributed by atoms with Gasteiger partial charge in [-0.3, -0.25) is 0 Å². The Morgan fingerprint density at radius 2 is 1.89 bits per heavy atom. The molecule has 2 nitrogen and oxygen atoms in total. The van der Waals surface area contributed by atoms with Gasteiger partial charge in [0.05, 0.1) is 0 Å². The van der Waals surface area contributed by atoms with E-state index in [0.717, 1.165) is 11.8 Å². The predicted molar refractivity (Wildman–Crippen MR) is 85.6 cm³/mol. The number of nitrogens with one attached hydrogen (secondary N) is 2. The Morgan fingerprint density at radius 1 is 1.11 bits per heavy atom. The third-order valence-electron chi connectivity index (χ3n) is 4.62. The van der Waals surface area contributed by atoms with Gasteiger partial charge in [0.1, 0.15) is 0 Å². The summed E-state index contributed by atoms with van der Waals surface area (Å²) >= 11 is 0. The van der Waals surface area contributed by atoms with Gasteiger partial charge in [-0.2, -0.15) is 0 Å². The van der Waals surface area contributed by atoms with Crippen molar-refractivity contribution >= 4 is 0 Å². The highest BCUT2D eigenvalue weighted by molar-refractivity contribution is 4.74. The van der Waals surface area contributed by atoms with Gasteiger partial charge in [0.25, 0.3) is 0 Å². The molecule has 0 spiro atoms. The lowest BCUT2D eigenvalue weighted by atomic mass is 9.85. The van der Waals surface area contributed by atoms with Crippen molar-refractivity contribution in [2.75, 3.05) is 26.2 Å². The number of unbranched alkanes of at least 4 members (excludes halogenated alkanes) is 5. The van der Waals surface area contributed by atoms with E-state index >= 15 is 0 Å². The molecule has 0 radical (unpaired) electrons. The third-order valence-corrected chi connectivity index (χ3v) is 4.62. The Hall–Kier alpha value is -0.0800. The largest absolute Gasteiger partial charge is 0.317 e. The molecule has 0 bridgehead atoms. The van der Waals surface area contributed by atoms with E-state index in [9.17, 15) is 0 Å². The van der Waals surface area contributed by atoms with Crippen LogP contribution in [-0.4, -0.2) is 26.2 Å². The van der Waals surface area contributed by atoms with Crippen molar-refractivity contribution in [3.05, 3.63) is 0 Å². The maximum absolute atomic E-state index is 3.63. The minimum atomic E-state index is 0.879. The number of hydrogen-bond donors (Lipinski definition) is 2. The van der Waals surface area contributed by atoms with Crippen LogP contribution in [0, 0.1) is 11.8 Å². The molecule has 1 heterocycles. The smallest absolute Gasteiger partial charge is 0.00180 e. The molecule has 0 saturated carbocycles. The van der Waals surface area contributed by atoms with E-state index in [2.05, 4.69) is 24.5 Å². The molecule has 2 heteroatoms. The molecular formula is C17H36N2. The van der Waals surface area contributed by atoms with E-state index in [4.69, 9.17) is 0 Å². The average molecular weight is 268 g/mol. The lowest BCUT2D eigenvalue weighted by Gasteiger charge is -2.28. The normalized spacial score (nSPS) is 21.5. The summed E-state index contributed by atoms with van der Waals surface area (Å²) in [6, 6.07) is 0. The Kier molecular flexibility index (Phi) is 10.5. The van der Waals surface area contributed by atoms with Crippen LogP contribution in [0.2, 0.25) is 0 Å². The van der Waals surface area contributed by atoms with E-state index in [1.807, 2.05) is 0 Å². The van der Waals surface area contributed by atoms with Crippen LogP contribution in [-0.2, 0) is 0 Å². The Morgan fingerprint density at radius 3 is 2.63 bits per heavy atom. The van der Waals surface area contributed by atoms with Crippen LogP contribution in [0.5, 0.6) is 0 Å². The first-order valence-corrected chi connectivity index (χ1v) is 8.76. The van der Waals surface area contributed by atoms with Crippen molar-refractivity contribution in [1.29, 1.82) is 0 Å². The molecule has 1 fully saturated rings. The molecule has 0 aromatic carbocycles. The second kappa shape index (κ2) is 11.7. The van der Waals surface area contributed by atoms with E-state index in [-0.39, 0.29) is 0 Å². The van der Waals surface area contributed by atoms with Gasteiger partial charge in [-0.25, -0.2) is 0 Å². The van der Waals surface area contributed by atoms with E-state index < -0.39 is 0 Å². The Bertz CT molecular complexity index is 188. The van der Waals surface area contributed by atoms with Crippen LogP contribution in [0.15, 0.2) is 0 Å². The molecule has 0 amide bonds. The molecular weight excluding hydrogens is 232 g/mol. The van der Waals surface area contributed by atoms with Crippen molar-refractivity contribution in [2.24, 2.45) is 11.8 Å². The van der Waals surface area contributed by atoms with Gasteiger partial charge in [0.15, 0.2) is 0 Å². The highest BCUT2D eigenvalue weighted by Gasteiger charge is 2.18. The van der Waals surface area contributed by atoms with Crippen molar-refractivity contribution < 1.29 is 0 Å². The molecule has 0 aliphatic carbocycles. The van der Waals surface area contributed by atoms with Crippen molar-refractivity contribution in [2.45, 2.75) is 71.6 Å². The minimum absolute atomic E-state index is 0.879. The highest BCUT2D eigenvalue weighted by Crippen LogP contribution is 2.21. The lowest BCUT2D eigenvalue weighted by Crippen LogP contribution is -2.34. The fourth-order valence-electron chi connectivity index (χ4n) is 3.09. The van der Waals surface area contributed by atoms with E-state index in [1.165, 1.54) is 84.0 Å². The standard InChI is InChI=1S/C17H36N2/c1-3-4-5-6-7-8-12-18-14-11-16(2)17-10-9-13-19-15-17/h16-19H,3-15H2,1-2H3. The zero-order chi connectivity index (χ0) is 13.8. The van der Waals surface area contributed by atoms with E-state index in [1.54, 1.807) is 0 Å². The molecule has 2 N–H and O–H groups in total. The monoisotopic (exact) mass is 268 g/mol. The molecule has 1 aliphatic heterocycles. The maximum Gasteiger partial charge on any atom is -0.00180 e. The van der Waals surface area contributed by atoms with Crippen molar-refractivity contribution in [3.63, 3.8) is 0 Å². The third kappa shape index (κ3) is 8.65. The van der Waals surface area contributed by atoms with Crippen LogP contribution in [0.3, 0.4) is 0 Å². The second-order valence-electron chi connectivity index (χ2n) is 6.39. The molecule has 2 unspecified atom stereocenters. The van der Waals surface area contributed by atoms with Crippen LogP contribution in [0.1, 0.15) is 71.6 Å². The van der Waals surface area contributed by atoms with Gasteiger partial charge in [0.2, 0.25) is 0 Å². The molecule has 1 rings (SSSR count). The summed E-state index contributed by atoms with van der Waals surface area (Å²) < 4.78 is 0. The summed E-state index contributed by atoms with van der Waals surface area (Å²) in [5.41, 5.74) is 0. The van der Waals surface area contributed by atoms with Crippen LogP contribution in [0.25, 0.3) is 0 Å². The van der Waals surface area contributed by atoms with Gasteiger partial charge >= 0.3 is 0 Å². The van der Waals surface area contributed by atoms with E-state index in [0.29, 0.717) is 0 Å². The van der Waals surface area contributed by atoms with Gasteiger partial charge < -0.3 is 10.6 Å². The zero-order valence-electron chi connectivity index (χ0n) is 13.3.